The van der Waals surface area contributed by atoms with Crippen LogP contribution in [0.1, 0.15) is 24.1 Å². The van der Waals surface area contributed by atoms with Crippen LogP contribution in [0.2, 0.25) is 0 Å². The summed E-state index contributed by atoms with van der Waals surface area (Å²) in [6.45, 7) is 2.68. The number of amides is 2. The van der Waals surface area contributed by atoms with Gasteiger partial charge in [0.05, 0.1) is 12.6 Å². The summed E-state index contributed by atoms with van der Waals surface area (Å²) < 4.78 is 5.47. The third kappa shape index (κ3) is 2.72. The Kier molecular flexibility index (Phi) is 3.51. The highest BCUT2D eigenvalue weighted by Gasteiger charge is 2.16. The van der Waals surface area contributed by atoms with Crippen molar-refractivity contribution in [2.75, 3.05) is 11.9 Å². The van der Waals surface area contributed by atoms with Gasteiger partial charge in [-0.25, -0.2) is 4.79 Å². The summed E-state index contributed by atoms with van der Waals surface area (Å²) in [6.07, 6.45) is 0.923. The molecule has 2 N–H and O–H groups in total. The number of fused-ring (bicyclic) bond motifs is 1. The minimum absolute atomic E-state index is 0.0891. The molecule has 0 spiro atoms. The van der Waals surface area contributed by atoms with Crippen molar-refractivity contribution < 1.29 is 9.53 Å². The lowest BCUT2D eigenvalue weighted by Crippen LogP contribution is -2.31. The highest BCUT2D eigenvalue weighted by atomic mass is 32.1. The van der Waals surface area contributed by atoms with E-state index in [-0.39, 0.29) is 12.1 Å². The molecular formula is C13H14N4O2S. The van der Waals surface area contributed by atoms with Crippen molar-refractivity contribution in [1.82, 2.24) is 15.5 Å². The van der Waals surface area contributed by atoms with Crippen LogP contribution in [-0.2, 0) is 6.42 Å². The summed E-state index contributed by atoms with van der Waals surface area (Å²) in [4.78, 5) is 11.8. The molecule has 1 unspecified atom stereocenters. The number of nitrogens with one attached hydrogen (secondary N) is 2. The van der Waals surface area contributed by atoms with E-state index >= 15 is 0 Å². The number of carbonyl (C=O) groups excluding carboxylic acids is 1. The van der Waals surface area contributed by atoms with Gasteiger partial charge in [0.25, 0.3) is 0 Å². The van der Waals surface area contributed by atoms with E-state index in [1.807, 2.05) is 19.1 Å². The van der Waals surface area contributed by atoms with Crippen molar-refractivity contribution in [2.45, 2.75) is 19.4 Å². The van der Waals surface area contributed by atoms with Gasteiger partial charge < -0.3 is 10.1 Å². The van der Waals surface area contributed by atoms with Crippen LogP contribution >= 0.6 is 11.3 Å². The highest BCUT2D eigenvalue weighted by Crippen LogP contribution is 2.28. The molecule has 1 aliphatic rings. The van der Waals surface area contributed by atoms with Crippen molar-refractivity contribution in [1.29, 1.82) is 0 Å². The van der Waals surface area contributed by atoms with Crippen LogP contribution < -0.4 is 15.4 Å². The van der Waals surface area contributed by atoms with Crippen LogP contribution in [0.25, 0.3) is 0 Å². The molecule has 6 nitrogen and oxygen atoms in total. The monoisotopic (exact) mass is 290 g/mol. The first kappa shape index (κ1) is 12.9. The molecule has 104 valence electrons. The van der Waals surface area contributed by atoms with Gasteiger partial charge in [0.1, 0.15) is 11.3 Å². The molecule has 2 amide bonds. The predicted molar refractivity (Wildman–Crippen MR) is 76.1 cm³/mol. The number of carbonyl (C=O) groups is 1. The molecule has 1 aliphatic heterocycles. The fraction of sp³-hybridized carbons (Fsp3) is 0.308. The number of anilines is 1. The molecular weight excluding hydrogens is 276 g/mol. The van der Waals surface area contributed by atoms with E-state index in [0.29, 0.717) is 5.13 Å². The van der Waals surface area contributed by atoms with Crippen LogP contribution in [0.15, 0.2) is 23.7 Å². The molecule has 0 aliphatic carbocycles. The Morgan fingerprint density at radius 3 is 3.20 bits per heavy atom. The number of urea groups is 1. The average molecular weight is 290 g/mol. The van der Waals surface area contributed by atoms with Gasteiger partial charge in [0, 0.05) is 6.42 Å². The third-order valence-electron chi connectivity index (χ3n) is 3.14. The number of ether oxygens (including phenoxy) is 1. The van der Waals surface area contributed by atoms with Gasteiger partial charge in [-0.05, 0) is 30.2 Å². The summed E-state index contributed by atoms with van der Waals surface area (Å²) in [5.41, 5.74) is 3.82. The lowest BCUT2D eigenvalue weighted by molar-refractivity contribution is 0.249. The van der Waals surface area contributed by atoms with Gasteiger partial charge in [0.15, 0.2) is 0 Å². The maximum absolute atomic E-state index is 11.8. The SMILES string of the molecule is CC(NC(=O)Nc1nncs1)c1ccc2c(c1)CCO2. The van der Waals surface area contributed by atoms with Crippen LogP contribution in [-0.4, -0.2) is 22.8 Å². The van der Waals surface area contributed by atoms with E-state index in [4.69, 9.17) is 4.74 Å². The lowest BCUT2D eigenvalue weighted by Gasteiger charge is -2.15. The summed E-state index contributed by atoms with van der Waals surface area (Å²) in [5.74, 6) is 0.944. The van der Waals surface area contributed by atoms with E-state index in [2.05, 4.69) is 26.9 Å². The first-order chi connectivity index (χ1) is 9.72. The molecule has 20 heavy (non-hydrogen) atoms. The van der Waals surface area contributed by atoms with Crippen LogP contribution in [0.4, 0.5) is 9.93 Å². The van der Waals surface area contributed by atoms with E-state index in [1.165, 1.54) is 16.9 Å². The first-order valence-corrected chi connectivity index (χ1v) is 7.19. The zero-order chi connectivity index (χ0) is 13.9. The standard InChI is InChI=1S/C13H14N4O2S/c1-8(15-12(18)16-13-17-14-7-20-13)9-2-3-11-10(6-9)4-5-19-11/h2-3,6-8H,4-5H2,1H3,(H2,15,16,17,18). The second-order valence-corrected chi connectivity index (χ2v) is 5.36. The van der Waals surface area contributed by atoms with E-state index < -0.39 is 0 Å². The number of aromatic nitrogens is 2. The number of nitrogens with zero attached hydrogens (tertiary/aromatic N) is 2. The van der Waals surface area contributed by atoms with Crippen molar-refractivity contribution in [3.8, 4) is 5.75 Å². The summed E-state index contributed by atoms with van der Waals surface area (Å²) in [6, 6.07) is 5.64. The molecule has 0 bridgehead atoms. The zero-order valence-corrected chi connectivity index (χ0v) is 11.7. The maximum Gasteiger partial charge on any atom is 0.321 e. The van der Waals surface area contributed by atoms with Crippen LogP contribution in [0, 0.1) is 0 Å². The van der Waals surface area contributed by atoms with Gasteiger partial charge in [-0.1, -0.05) is 17.4 Å². The van der Waals surface area contributed by atoms with Gasteiger partial charge >= 0.3 is 6.03 Å². The molecule has 0 saturated carbocycles. The van der Waals surface area contributed by atoms with Gasteiger partial charge in [-0.2, -0.15) is 0 Å². The minimum Gasteiger partial charge on any atom is -0.493 e. The molecule has 0 fully saturated rings. The van der Waals surface area contributed by atoms with Crippen LogP contribution in [0.5, 0.6) is 5.75 Å². The molecule has 2 aromatic rings. The normalized spacial score (nSPS) is 14.2. The van der Waals surface area contributed by atoms with Gasteiger partial charge in [-0.15, -0.1) is 10.2 Å². The van der Waals surface area contributed by atoms with E-state index in [1.54, 1.807) is 5.51 Å². The molecule has 0 radical (unpaired) electrons. The Labute approximate surface area is 120 Å². The third-order valence-corrected chi connectivity index (χ3v) is 3.75. The Hall–Kier alpha value is -2.15. The zero-order valence-electron chi connectivity index (χ0n) is 10.9. The fourth-order valence-electron chi connectivity index (χ4n) is 2.12. The van der Waals surface area contributed by atoms with Gasteiger partial charge in [-0.3, -0.25) is 5.32 Å². The van der Waals surface area contributed by atoms with Gasteiger partial charge in [0.2, 0.25) is 5.13 Å². The summed E-state index contributed by atoms with van der Waals surface area (Å²) in [5, 5.41) is 13.4. The molecule has 3 rings (SSSR count). The summed E-state index contributed by atoms with van der Waals surface area (Å²) in [7, 11) is 0. The van der Waals surface area contributed by atoms with Crippen molar-refractivity contribution in [3.63, 3.8) is 0 Å². The Morgan fingerprint density at radius 2 is 2.40 bits per heavy atom. The fourth-order valence-corrected chi connectivity index (χ4v) is 2.56. The molecule has 1 atom stereocenters. The van der Waals surface area contributed by atoms with Crippen LogP contribution in [0.3, 0.4) is 0 Å². The molecule has 2 heterocycles. The quantitative estimate of drug-likeness (QED) is 0.909. The Bertz CT molecular complexity index is 615. The topological polar surface area (TPSA) is 76.1 Å². The smallest absolute Gasteiger partial charge is 0.321 e. The number of hydrogen-bond acceptors (Lipinski definition) is 5. The minimum atomic E-state index is -0.286. The molecule has 0 saturated heterocycles. The van der Waals surface area contributed by atoms with Crippen molar-refractivity contribution >= 4 is 22.5 Å². The Morgan fingerprint density at radius 1 is 1.50 bits per heavy atom. The molecule has 1 aromatic carbocycles. The summed E-state index contributed by atoms with van der Waals surface area (Å²) >= 11 is 1.28. The average Bonchev–Trinajstić information content (AvgIpc) is 3.07. The number of hydrogen-bond donors (Lipinski definition) is 2. The first-order valence-electron chi connectivity index (χ1n) is 6.31. The molecule has 1 aromatic heterocycles. The van der Waals surface area contributed by atoms with E-state index in [9.17, 15) is 4.79 Å². The highest BCUT2D eigenvalue weighted by molar-refractivity contribution is 7.13. The predicted octanol–water partition coefficient (Wildman–Crippen LogP) is 2.36. The molecule has 7 heteroatoms. The number of benzene rings is 1. The van der Waals surface area contributed by atoms with E-state index in [0.717, 1.165) is 24.3 Å². The maximum atomic E-state index is 11.8. The largest absolute Gasteiger partial charge is 0.493 e. The second kappa shape index (κ2) is 5.46. The van der Waals surface area contributed by atoms with Crippen molar-refractivity contribution in [3.05, 3.63) is 34.8 Å². The number of rotatable bonds is 3. The Balaban J connectivity index is 1.64. The second-order valence-electron chi connectivity index (χ2n) is 4.53. The lowest BCUT2D eigenvalue weighted by atomic mass is 10.0. The van der Waals surface area contributed by atoms with Crippen molar-refractivity contribution in [2.24, 2.45) is 0 Å².